The molecule has 0 aliphatic carbocycles. The molecule has 6 aromatic heterocycles. The molecular weight excluding hydrogens is 1500 g/mol. The maximum Gasteiger partial charge on any atom is 0.519 e. The maximum absolute atomic E-state index is 12.6. The first-order valence-corrected chi connectivity index (χ1v) is 31.6. The zero-order valence-electron chi connectivity index (χ0n) is 60.8. The van der Waals surface area contributed by atoms with Gasteiger partial charge in [0.2, 0.25) is 35.5 Å². The first-order chi connectivity index (χ1) is 48.0. The van der Waals surface area contributed by atoms with Crippen molar-refractivity contribution in [1.29, 1.82) is 5.41 Å². The number of aldehydes is 4. The number of halogens is 3. The minimum absolute atomic E-state index is 0. The fraction of sp³-hybridized carbons (Fsp3) is 0.409. The van der Waals surface area contributed by atoms with Crippen LogP contribution in [0, 0.1) is 25.9 Å². The number of anilines is 3. The predicted molar refractivity (Wildman–Crippen MR) is 386 cm³/mol. The van der Waals surface area contributed by atoms with Crippen LogP contribution in [0.5, 0.6) is 17.6 Å². The standard InChI is InChI=1S/C17H20N4O4.C12H12N4O2.C10H21N3.C10H18O5.C7H7NO2.C5H5N3O.CH5N3.4CH4.2ClHO4.ClH/c1-17(2,3)25-16(23)21(15-19-8-13(11-22)9-20-15)10-12-5-6-14(24-4)18-7-12;1-18-11-3-2-9(4-13-11)5-14-12-15-6-10(8-17)7-16-12;1-11(2)7-10(8-12(3)4)9-13(5)6;1-9(2,3)14-7(11)13-8(12)15-10(4,5)6;1-10-7-3-2-6(5-9)4-8-7;6-5-7-1-4(3-9)2-8-5;2-1(3)4;;;;;2*2-1(3,4)5;/h5-9,11H,10H2,1-4H3;2-4,6-8H,5H2,1H3,(H,14,15,16);7-9H,1-6H3;1-6H3;2-5H,1H3;1-3H,(H2,6,7,8);(H5,2,3,4);4*1H4;2*(H,2,3,4,5);1H/q;;+2;;;;;;;;;;;/p-2. The Labute approximate surface area is 646 Å². The van der Waals surface area contributed by atoms with Gasteiger partial charge in [-0.15, -0.1) is 32.9 Å². The molecule has 8 N–H and O–H groups in total. The van der Waals surface area contributed by atoms with Crippen LogP contribution in [-0.4, -0.2) is 201 Å². The molecule has 109 heavy (non-hydrogen) atoms. The number of hydrogen-bond acceptors (Lipinski definition) is 35. The number of hydrogen-bond donors (Lipinski definition) is 5. The van der Waals surface area contributed by atoms with Gasteiger partial charge in [-0.25, -0.2) is 111 Å². The molecule has 0 saturated heterocycles. The van der Waals surface area contributed by atoms with Crippen molar-refractivity contribution < 1.29 is 134 Å². The zero-order chi connectivity index (χ0) is 80.6. The number of ether oxygens (including phenoxy) is 7. The second-order valence-electron chi connectivity index (χ2n) is 23.0. The van der Waals surface area contributed by atoms with Crippen molar-refractivity contribution in [3.8, 4) is 17.6 Å². The van der Waals surface area contributed by atoms with Crippen LogP contribution in [0.15, 0.2) is 104 Å². The smallest absolute Gasteiger partial charge is 0.481 e. The van der Waals surface area contributed by atoms with Crippen LogP contribution < -0.4 is 78.9 Å². The van der Waals surface area contributed by atoms with Crippen molar-refractivity contribution in [3.63, 3.8) is 0 Å². The van der Waals surface area contributed by atoms with Gasteiger partial charge in [0.15, 0.2) is 43.5 Å². The number of nitrogens with zero attached hydrogens (tertiary/aromatic N) is 13. The highest BCUT2D eigenvalue weighted by molar-refractivity contribution is 6.00. The van der Waals surface area contributed by atoms with Crippen molar-refractivity contribution in [2.24, 2.45) is 11.5 Å². The van der Waals surface area contributed by atoms with Crippen LogP contribution in [-0.2, 0) is 32.0 Å². The van der Waals surface area contributed by atoms with Crippen LogP contribution in [0.4, 0.5) is 32.2 Å². The molecule has 0 aromatic carbocycles. The molecule has 0 spiro atoms. The third-order valence-corrected chi connectivity index (χ3v) is 9.36. The summed E-state index contributed by atoms with van der Waals surface area (Å²) in [6.07, 6.45) is 19.4. The molecule has 40 nitrogen and oxygen atoms in total. The molecule has 0 aliphatic rings. The molecule has 43 heteroatoms. The first kappa shape index (κ1) is 114. The van der Waals surface area contributed by atoms with Gasteiger partial charge in [0.25, 0.3) is 0 Å². The molecule has 6 heterocycles. The number of amides is 1. The number of allylic oxidation sites excluding steroid dienone is 1. The molecule has 612 valence electrons. The Bertz CT molecular complexity index is 3520. The summed E-state index contributed by atoms with van der Waals surface area (Å²) in [5, 5.41) is 9.09. The summed E-state index contributed by atoms with van der Waals surface area (Å²) in [6, 6.07) is 10.5. The largest absolute Gasteiger partial charge is 0.519 e. The van der Waals surface area contributed by atoms with Crippen molar-refractivity contribution in [2.45, 2.75) is 122 Å². The highest BCUT2D eigenvalue weighted by atomic mass is 35.7. The van der Waals surface area contributed by atoms with E-state index in [0.717, 1.165) is 17.4 Å². The van der Waals surface area contributed by atoms with E-state index in [2.05, 4.69) is 85.0 Å². The maximum atomic E-state index is 12.6. The average molecular weight is 1610 g/mol. The number of nitrogen functional groups attached to an aromatic ring is 1. The summed E-state index contributed by atoms with van der Waals surface area (Å²) in [4.78, 5) is 115. The SMILES string of the molecule is C.C.C.C.CC(C)(C)OC(=O)OC(=O)OC(C)(C)C.CN(C)C=C(C=[N+](C)C)C=[N+](C)C.COc1ccc(C=O)cn1.COc1ccc(CN(C(=O)OC(C)(C)C)c2ncc(C=O)cn2)cn1.COc1ccc(CNc2ncc(C=O)cn2)cn1.Cl.N=C(N)N.Nc1ncc(C=O)cn1.[O-][Cl+3]([O-])([O-])[O-].[O-][Cl+3]([O-])([O-])[O-]. The minimum atomic E-state index is -4.94. The molecule has 0 radical (unpaired) electrons. The quantitative estimate of drug-likeness (QED) is 0.0162. The van der Waals surface area contributed by atoms with Crippen LogP contribution in [0.1, 0.15) is 145 Å². The van der Waals surface area contributed by atoms with Gasteiger partial charge in [-0.05, 0) is 79.5 Å². The van der Waals surface area contributed by atoms with E-state index >= 15 is 0 Å². The van der Waals surface area contributed by atoms with Gasteiger partial charge in [-0.1, -0.05) is 41.8 Å². The zero-order valence-corrected chi connectivity index (χ0v) is 63.1. The summed E-state index contributed by atoms with van der Waals surface area (Å²) in [7, 11) is 6.86. The number of aromatic nitrogens is 9. The third kappa shape index (κ3) is 71.1. The van der Waals surface area contributed by atoms with E-state index in [4.69, 9.17) is 76.8 Å². The fourth-order valence-corrected chi connectivity index (χ4v) is 5.78. The monoisotopic (exact) mass is 1610 g/mol. The molecule has 0 saturated carbocycles. The van der Waals surface area contributed by atoms with Crippen molar-refractivity contribution in [2.75, 3.05) is 79.6 Å². The molecule has 0 fully saturated rings. The Morgan fingerprint density at radius 1 is 0.514 bits per heavy atom. The number of pyridine rings is 3. The summed E-state index contributed by atoms with van der Waals surface area (Å²) in [6.45, 7) is 16.0. The van der Waals surface area contributed by atoms with E-state index in [1.165, 1.54) is 68.1 Å². The van der Waals surface area contributed by atoms with Crippen LogP contribution in [0.3, 0.4) is 0 Å². The second-order valence-corrected chi connectivity index (χ2v) is 24.5. The number of rotatable bonds is 16. The predicted octanol–water partition coefficient (Wildman–Crippen LogP) is -0.00313. The minimum Gasteiger partial charge on any atom is -0.481 e. The number of methoxy groups -OCH3 is 3. The van der Waals surface area contributed by atoms with E-state index in [1.54, 1.807) is 112 Å². The van der Waals surface area contributed by atoms with E-state index in [1.807, 2.05) is 62.4 Å². The lowest BCUT2D eigenvalue weighted by atomic mass is 10.2. The topological polar surface area (TPSA) is 611 Å². The Kier molecular flexibility index (Phi) is 61.8. The molecule has 0 bridgehead atoms. The Morgan fingerprint density at radius 3 is 1.11 bits per heavy atom. The number of guanidine groups is 1. The van der Waals surface area contributed by atoms with Crippen LogP contribution >= 0.6 is 12.4 Å². The van der Waals surface area contributed by atoms with Crippen LogP contribution in [0.25, 0.3) is 0 Å². The van der Waals surface area contributed by atoms with Crippen molar-refractivity contribution in [3.05, 3.63) is 137 Å². The van der Waals surface area contributed by atoms with Crippen molar-refractivity contribution in [1.82, 2.24) is 49.8 Å². The number of carbonyl (C=O) groups is 7. The van der Waals surface area contributed by atoms with Gasteiger partial charge >= 0.3 is 18.4 Å². The molecule has 0 unspecified atom stereocenters. The van der Waals surface area contributed by atoms with Gasteiger partial charge in [-0.2, -0.15) is 0 Å². The van der Waals surface area contributed by atoms with Gasteiger partial charge in [0, 0.05) is 106 Å². The van der Waals surface area contributed by atoms with Gasteiger partial charge in [0.1, 0.15) is 50.6 Å². The van der Waals surface area contributed by atoms with Gasteiger partial charge in [0.05, 0.1) is 44.6 Å². The molecule has 6 rings (SSSR count). The van der Waals surface area contributed by atoms with E-state index < -0.39 is 55.7 Å². The van der Waals surface area contributed by atoms with Crippen LogP contribution in [0.2, 0.25) is 0 Å². The molecule has 6 aromatic rings. The van der Waals surface area contributed by atoms with E-state index in [0.29, 0.717) is 71.2 Å². The lowest BCUT2D eigenvalue weighted by molar-refractivity contribution is -2.00. The highest BCUT2D eigenvalue weighted by Gasteiger charge is 2.27. The normalized spacial score (nSPS) is 9.67. The van der Waals surface area contributed by atoms with E-state index in [9.17, 15) is 33.6 Å². The number of nitrogens with one attached hydrogen (secondary N) is 2. The summed E-state index contributed by atoms with van der Waals surface area (Å²) < 4.78 is 106. The fourth-order valence-electron chi connectivity index (χ4n) is 5.78. The Morgan fingerprint density at radius 2 is 0.826 bits per heavy atom. The molecular formula is C66H105Cl3N18O22. The first-order valence-electron chi connectivity index (χ1n) is 29.1. The average Bonchev–Trinajstić information content (AvgIpc) is 0.833. The summed E-state index contributed by atoms with van der Waals surface area (Å²) in [5.74, 6) is 2.02. The third-order valence-electron chi connectivity index (χ3n) is 9.36. The second kappa shape index (κ2) is 59.2. The van der Waals surface area contributed by atoms with E-state index in [-0.39, 0.29) is 66.5 Å². The molecule has 0 aliphatic heterocycles. The lowest BCUT2D eigenvalue weighted by Gasteiger charge is -2.26. The Balaban J connectivity index is -0.000000183. The highest BCUT2D eigenvalue weighted by Crippen LogP contribution is 2.19. The molecule has 0 atom stereocenters. The lowest BCUT2D eigenvalue weighted by Crippen LogP contribution is -2.68. The number of nitrogens with two attached hydrogens (primary N) is 3. The summed E-state index contributed by atoms with van der Waals surface area (Å²) >= 11 is 0. The van der Waals surface area contributed by atoms with Gasteiger partial charge in [-0.3, -0.25) is 24.6 Å². The number of carbonyl (C=O) groups excluding carboxylic acids is 7. The summed E-state index contributed by atoms with van der Waals surface area (Å²) in [5.41, 5.74) is 16.7. The van der Waals surface area contributed by atoms with Gasteiger partial charge < -0.3 is 60.6 Å². The molecule has 1 amide bonds. The Hall–Kier alpha value is -10.9. The van der Waals surface area contributed by atoms with Crippen molar-refractivity contribution >= 4 is 92.2 Å².